The zero-order chi connectivity index (χ0) is 15.1. The van der Waals surface area contributed by atoms with E-state index in [1.165, 1.54) is 70.6 Å². The summed E-state index contributed by atoms with van der Waals surface area (Å²) in [4.78, 5) is 0. The Bertz CT molecular complexity index is 193. The Labute approximate surface area is 122 Å². The van der Waals surface area contributed by atoms with Gasteiger partial charge in [0.2, 0.25) is 0 Å². The molecule has 0 saturated heterocycles. The SMILES string of the molecule is [2H]C([2H])([2H])CCCCCCCCCCCCCCCBr. The Morgan fingerprint density at radius 3 is 1.29 bits per heavy atom. The van der Waals surface area contributed by atoms with Crippen molar-refractivity contribution >= 4 is 15.9 Å². The maximum Gasteiger partial charge on any atom is 0.0230 e. The lowest BCUT2D eigenvalue weighted by atomic mass is 10.0. The van der Waals surface area contributed by atoms with Crippen LogP contribution in [0.3, 0.4) is 0 Å². The molecule has 1 heteroatoms. The fourth-order valence-corrected chi connectivity index (χ4v) is 2.56. The van der Waals surface area contributed by atoms with Crippen molar-refractivity contribution in [3.63, 3.8) is 0 Å². The van der Waals surface area contributed by atoms with Gasteiger partial charge in [-0.15, -0.1) is 0 Å². The first-order valence-electron chi connectivity index (χ1n) is 9.12. The summed E-state index contributed by atoms with van der Waals surface area (Å²) in [6.45, 7) is -1.71. The number of hydrogen-bond donors (Lipinski definition) is 0. The minimum absolute atomic E-state index is 0.391. The zero-order valence-corrected chi connectivity index (χ0v) is 13.1. The molecule has 0 rings (SSSR count). The molecule has 0 spiro atoms. The minimum atomic E-state index is -1.71. The van der Waals surface area contributed by atoms with E-state index in [1.807, 2.05) is 0 Å². The number of unbranched alkanes of at least 4 members (excludes halogenated alkanes) is 12. The van der Waals surface area contributed by atoms with E-state index in [0.717, 1.165) is 18.2 Å². The van der Waals surface area contributed by atoms with Crippen molar-refractivity contribution in [1.82, 2.24) is 0 Å². The van der Waals surface area contributed by atoms with Gasteiger partial charge in [0.25, 0.3) is 0 Å². The van der Waals surface area contributed by atoms with E-state index in [2.05, 4.69) is 15.9 Å². The Kier molecular flexibility index (Phi) is 12.1. The van der Waals surface area contributed by atoms with E-state index in [9.17, 15) is 0 Å². The molecule has 0 nitrogen and oxygen atoms in total. The molecule has 0 aliphatic carbocycles. The van der Waals surface area contributed by atoms with E-state index in [4.69, 9.17) is 4.11 Å². The quantitative estimate of drug-likeness (QED) is 0.243. The van der Waals surface area contributed by atoms with Crippen LogP contribution < -0.4 is 0 Å². The molecular weight excluding hydrogens is 272 g/mol. The first-order chi connectivity index (χ1) is 9.56. The highest BCUT2D eigenvalue weighted by Crippen LogP contribution is 2.12. The molecular formula is C16H33Br. The topological polar surface area (TPSA) is 0 Å². The third-order valence-electron chi connectivity index (χ3n) is 3.31. The van der Waals surface area contributed by atoms with E-state index in [1.54, 1.807) is 0 Å². The first-order valence-corrected chi connectivity index (χ1v) is 8.74. The van der Waals surface area contributed by atoms with Gasteiger partial charge in [0, 0.05) is 9.44 Å². The predicted octanol–water partition coefficient (Wildman–Crippen LogP) is 6.86. The van der Waals surface area contributed by atoms with Crippen LogP contribution in [0.15, 0.2) is 0 Å². The van der Waals surface area contributed by atoms with Crippen LogP contribution in [0, 0.1) is 0 Å². The van der Waals surface area contributed by atoms with Gasteiger partial charge in [0.15, 0.2) is 0 Å². The van der Waals surface area contributed by atoms with Gasteiger partial charge in [-0.1, -0.05) is 106 Å². The monoisotopic (exact) mass is 307 g/mol. The van der Waals surface area contributed by atoms with Gasteiger partial charge in [-0.2, -0.15) is 0 Å². The van der Waals surface area contributed by atoms with Gasteiger partial charge in [-0.25, -0.2) is 0 Å². The third-order valence-corrected chi connectivity index (χ3v) is 3.87. The summed E-state index contributed by atoms with van der Waals surface area (Å²) >= 11 is 3.46. The second-order valence-corrected chi connectivity index (χ2v) is 5.83. The maximum atomic E-state index is 7.13. The highest BCUT2D eigenvalue weighted by atomic mass is 79.9. The molecule has 0 atom stereocenters. The number of hydrogen-bond acceptors (Lipinski definition) is 0. The van der Waals surface area contributed by atoms with Gasteiger partial charge < -0.3 is 0 Å². The summed E-state index contributed by atoms with van der Waals surface area (Å²) in [5.74, 6) is 0. The lowest BCUT2D eigenvalue weighted by Gasteiger charge is -2.02. The van der Waals surface area contributed by atoms with Crippen molar-refractivity contribution < 1.29 is 4.11 Å². The Balaban J connectivity index is 2.99. The Morgan fingerprint density at radius 2 is 0.941 bits per heavy atom. The summed E-state index contributed by atoms with van der Waals surface area (Å²) in [5.41, 5.74) is 0. The molecule has 0 heterocycles. The van der Waals surface area contributed by atoms with Crippen LogP contribution in [-0.4, -0.2) is 5.33 Å². The molecule has 0 fully saturated rings. The smallest absolute Gasteiger partial charge is 0.0230 e. The van der Waals surface area contributed by atoms with Gasteiger partial charge in [-0.05, 0) is 6.42 Å². The molecule has 104 valence electrons. The summed E-state index contributed by atoms with van der Waals surface area (Å²) in [5, 5.41) is 1.15. The fraction of sp³-hybridized carbons (Fsp3) is 1.00. The fourth-order valence-electron chi connectivity index (χ4n) is 2.16. The van der Waals surface area contributed by atoms with Gasteiger partial charge in [-0.3, -0.25) is 0 Å². The summed E-state index contributed by atoms with van der Waals surface area (Å²) in [6.07, 6.45) is 17.2. The second-order valence-electron chi connectivity index (χ2n) is 5.04. The van der Waals surface area contributed by atoms with Crippen LogP contribution in [-0.2, 0) is 0 Å². The summed E-state index contributed by atoms with van der Waals surface area (Å²) < 4.78 is 21.4. The summed E-state index contributed by atoms with van der Waals surface area (Å²) in [7, 11) is 0. The average Bonchev–Trinajstić information content (AvgIpc) is 2.38. The Hall–Kier alpha value is 0.480. The average molecular weight is 308 g/mol. The van der Waals surface area contributed by atoms with Crippen molar-refractivity contribution in [3.05, 3.63) is 0 Å². The van der Waals surface area contributed by atoms with E-state index < -0.39 is 6.85 Å². The number of halogens is 1. The molecule has 0 bridgehead atoms. The van der Waals surface area contributed by atoms with Crippen LogP contribution in [0.2, 0.25) is 0 Å². The molecule has 0 saturated carbocycles. The standard InChI is InChI=1S/C16H33Br/c1-2-3-4-5-6-7-8-9-10-11-12-13-14-15-16-17/h2-16H2,1H3/i1D3. The molecule has 0 aromatic carbocycles. The number of rotatable bonds is 14. The van der Waals surface area contributed by atoms with Crippen LogP contribution >= 0.6 is 15.9 Å². The first kappa shape index (κ1) is 12.5. The molecule has 0 radical (unpaired) electrons. The largest absolute Gasteiger partial charge is 0.0928 e. The highest BCUT2D eigenvalue weighted by Gasteiger charge is 1.93. The van der Waals surface area contributed by atoms with Crippen LogP contribution in [0.5, 0.6) is 0 Å². The summed E-state index contributed by atoms with van der Waals surface area (Å²) in [6, 6.07) is 0. The Morgan fingerprint density at radius 1 is 0.588 bits per heavy atom. The third kappa shape index (κ3) is 16.5. The van der Waals surface area contributed by atoms with Crippen molar-refractivity contribution in [2.45, 2.75) is 96.7 Å². The van der Waals surface area contributed by atoms with Crippen LogP contribution in [0.25, 0.3) is 0 Å². The molecule has 0 amide bonds. The lowest BCUT2D eigenvalue weighted by Crippen LogP contribution is -1.83. The van der Waals surface area contributed by atoms with Gasteiger partial charge >= 0.3 is 0 Å². The minimum Gasteiger partial charge on any atom is -0.0928 e. The van der Waals surface area contributed by atoms with E-state index in [-0.39, 0.29) is 0 Å². The molecule has 17 heavy (non-hydrogen) atoms. The second kappa shape index (κ2) is 16.5. The van der Waals surface area contributed by atoms with Crippen molar-refractivity contribution in [1.29, 1.82) is 0 Å². The molecule has 0 aliphatic heterocycles. The van der Waals surface area contributed by atoms with Crippen molar-refractivity contribution in [3.8, 4) is 0 Å². The van der Waals surface area contributed by atoms with Gasteiger partial charge in [0.1, 0.15) is 0 Å². The lowest BCUT2D eigenvalue weighted by molar-refractivity contribution is 0.538. The molecule has 0 aromatic rings. The predicted molar refractivity (Wildman–Crippen MR) is 84.1 cm³/mol. The van der Waals surface area contributed by atoms with E-state index in [0.29, 0.717) is 6.42 Å². The molecule has 0 aliphatic rings. The van der Waals surface area contributed by atoms with E-state index >= 15 is 0 Å². The normalized spacial score (nSPS) is 14.3. The molecule has 0 N–H and O–H groups in total. The van der Waals surface area contributed by atoms with Crippen molar-refractivity contribution in [2.24, 2.45) is 0 Å². The van der Waals surface area contributed by atoms with Gasteiger partial charge in [0.05, 0.1) is 0 Å². The van der Waals surface area contributed by atoms with Crippen molar-refractivity contribution in [2.75, 3.05) is 5.33 Å². The van der Waals surface area contributed by atoms with Crippen LogP contribution in [0.1, 0.15) is 101 Å². The van der Waals surface area contributed by atoms with Crippen LogP contribution in [0.4, 0.5) is 0 Å². The molecule has 0 unspecified atom stereocenters. The molecule has 0 aromatic heterocycles. The number of alkyl halides is 1. The maximum absolute atomic E-state index is 7.13. The zero-order valence-electron chi connectivity index (χ0n) is 14.5. The highest BCUT2D eigenvalue weighted by molar-refractivity contribution is 9.09.